The maximum Gasteiger partial charge on any atom is 0.336 e. The molecule has 150 valence electrons. The molecule has 0 N–H and O–H groups in total. The predicted octanol–water partition coefficient (Wildman–Crippen LogP) is 2.29. The zero-order chi connectivity index (χ0) is 21.4. The fourth-order valence-corrected chi connectivity index (χ4v) is 3.16. The molecule has 0 fully saturated rings. The third-order valence-electron chi connectivity index (χ3n) is 4.54. The molecule has 0 saturated carbocycles. The molecule has 0 atom stereocenters. The van der Waals surface area contributed by atoms with Gasteiger partial charge in [-0.1, -0.05) is 6.07 Å². The van der Waals surface area contributed by atoms with Gasteiger partial charge in [-0.15, -0.1) is 0 Å². The van der Waals surface area contributed by atoms with Gasteiger partial charge in [0, 0.05) is 30.1 Å². The number of amides is 2. The van der Waals surface area contributed by atoms with Crippen LogP contribution in [0.25, 0.3) is 11.0 Å². The smallest absolute Gasteiger partial charge is 0.336 e. The molecule has 10 heteroatoms. The van der Waals surface area contributed by atoms with E-state index in [1.54, 1.807) is 12.1 Å². The Hall–Kier alpha value is -4.34. The Bertz CT molecular complexity index is 1290. The van der Waals surface area contributed by atoms with E-state index in [1.807, 2.05) is 0 Å². The summed E-state index contributed by atoms with van der Waals surface area (Å²) < 4.78 is 10.2. The van der Waals surface area contributed by atoms with Crippen molar-refractivity contribution in [2.75, 3.05) is 6.54 Å². The molecule has 1 aromatic heterocycles. The van der Waals surface area contributed by atoms with Gasteiger partial charge in [-0.25, -0.2) is 4.79 Å². The number of fused-ring (bicyclic) bond motifs is 2. The van der Waals surface area contributed by atoms with E-state index in [2.05, 4.69) is 0 Å². The highest BCUT2D eigenvalue weighted by Gasteiger charge is 2.40. The van der Waals surface area contributed by atoms with Crippen LogP contribution in [0.3, 0.4) is 0 Å². The fraction of sp³-hybridized carbons (Fsp3) is 0.100. The van der Waals surface area contributed by atoms with E-state index >= 15 is 0 Å². The molecule has 0 aliphatic carbocycles. The second-order valence-corrected chi connectivity index (χ2v) is 6.40. The van der Waals surface area contributed by atoms with Crippen molar-refractivity contribution in [2.45, 2.75) is 6.42 Å². The summed E-state index contributed by atoms with van der Waals surface area (Å²) in [5.74, 6) is -2.15. The Morgan fingerprint density at radius 2 is 1.83 bits per heavy atom. The van der Waals surface area contributed by atoms with Crippen LogP contribution < -0.4 is 10.4 Å². The quantitative estimate of drug-likeness (QED) is 0.157. The lowest BCUT2D eigenvalue weighted by atomic mass is 10.1. The summed E-state index contributed by atoms with van der Waals surface area (Å²) in [5.41, 5.74) is -1.14. The molecule has 2 heterocycles. The molecule has 0 radical (unpaired) electrons. The number of rotatable bonds is 5. The Morgan fingerprint density at radius 3 is 2.60 bits per heavy atom. The van der Waals surface area contributed by atoms with E-state index in [4.69, 9.17) is 9.15 Å². The van der Waals surface area contributed by atoms with Gasteiger partial charge >= 0.3 is 11.6 Å². The number of hydrogen-bond donors (Lipinski definition) is 0. The molecule has 30 heavy (non-hydrogen) atoms. The standard InChI is InChI=1S/C20H12N2O8/c23-16-7-5-11-4-6-12(10-15(11)30-16)29-17(24)8-9-21-19(25)13-2-1-3-14(22(27)28)18(13)20(21)26/h1-7,10H,8-9H2. The van der Waals surface area contributed by atoms with E-state index < -0.39 is 34.0 Å². The minimum absolute atomic E-state index is 0.0767. The van der Waals surface area contributed by atoms with Crippen molar-refractivity contribution in [3.8, 4) is 5.75 Å². The highest BCUT2D eigenvalue weighted by molar-refractivity contribution is 6.23. The number of ether oxygens (including phenoxy) is 1. The molecule has 1 aliphatic rings. The maximum absolute atomic E-state index is 12.5. The average molecular weight is 408 g/mol. The van der Waals surface area contributed by atoms with E-state index in [0.717, 1.165) is 11.0 Å². The Morgan fingerprint density at radius 1 is 1.07 bits per heavy atom. The fourth-order valence-electron chi connectivity index (χ4n) is 3.16. The van der Waals surface area contributed by atoms with Crippen LogP contribution in [0.1, 0.15) is 27.1 Å². The van der Waals surface area contributed by atoms with E-state index in [1.165, 1.54) is 30.3 Å². The van der Waals surface area contributed by atoms with Crippen LogP contribution in [0.2, 0.25) is 0 Å². The van der Waals surface area contributed by atoms with Crippen LogP contribution >= 0.6 is 0 Å². The summed E-state index contributed by atoms with van der Waals surface area (Å²) in [4.78, 5) is 59.5. The zero-order valence-electron chi connectivity index (χ0n) is 15.2. The van der Waals surface area contributed by atoms with Crippen LogP contribution in [0.15, 0.2) is 57.7 Å². The second-order valence-electron chi connectivity index (χ2n) is 6.40. The van der Waals surface area contributed by atoms with Gasteiger partial charge in [0.15, 0.2) is 0 Å². The Balaban J connectivity index is 1.46. The van der Waals surface area contributed by atoms with Crippen LogP contribution in [0.4, 0.5) is 5.69 Å². The number of carbonyl (C=O) groups excluding carboxylic acids is 3. The maximum atomic E-state index is 12.5. The molecule has 2 aromatic carbocycles. The monoisotopic (exact) mass is 408 g/mol. The summed E-state index contributed by atoms with van der Waals surface area (Å²) in [6.45, 7) is -0.301. The molecule has 4 rings (SSSR count). The molecular formula is C20H12N2O8. The average Bonchev–Trinajstić information content (AvgIpc) is 2.96. The highest BCUT2D eigenvalue weighted by Crippen LogP contribution is 2.30. The van der Waals surface area contributed by atoms with Crippen molar-refractivity contribution in [3.05, 3.63) is 80.2 Å². The minimum atomic E-state index is -0.831. The second kappa shape index (κ2) is 7.24. The Kier molecular flexibility index (Phi) is 4.59. The normalized spacial score (nSPS) is 12.9. The van der Waals surface area contributed by atoms with Crippen molar-refractivity contribution in [1.29, 1.82) is 0 Å². The lowest BCUT2D eigenvalue weighted by Gasteiger charge is -2.13. The summed E-state index contributed by atoms with van der Waals surface area (Å²) in [5, 5.41) is 11.8. The number of esters is 1. The van der Waals surface area contributed by atoms with Gasteiger partial charge in [0.2, 0.25) is 0 Å². The lowest BCUT2D eigenvalue weighted by molar-refractivity contribution is -0.385. The first-order chi connectivity index (χ1) is 14.3. The van der Waals surface area contributed by atoms with E-state index in [9.17, 15) is 29.3 Å². The number of imide groups is 1. The van der Waals surface area contributed by atoms with Gasteiger partial charge in [-0.2, -0.15) is 0 Å². The van der Waals surface area contributed by atoms with E-state index in [0.29, 0.717) is 5.39 Å². The first kappa shape index (κ1) is 19.0. The van der Waals surface area contributed by atoms with Crippen LogP contribution in [0.5, 0.6) is 5.75 Å². The number of nitro benzene ring substituents is 1. The number of nitrogens with zero attached hydrogens (tertiary/aromatic N) is 2. The minimum Gasteiger partial charge on any atom is -0.426 e. The van der Waals surface area contributed by atoms with Gasteiger partial charge in [0.1, 0.15) is 16.9 Å². The van der Waals surface area contributed by atoms with Gasteiger partial charge < -0.3 is 9.15 Å². The molecule has 0 saturated heterocycles. The van der Waals surface area contributed by atoms with Crippen LogP contribution in [-0.4, -0.2) is 34.2 Å². The van der Waals surface area contributed by atoms with E-state index in [-0.39, 0.29) is 35.4 Å². The molecule has 0 spiro atoms. The largest absolute Gasteiger partial charge is 0.426 e. The topological polar surface area (TPSA) is 137 Å². The molecule has 10 nitrogen and oxygen atoms in total. The van der Waals surface area contributed by atoms with Gasteiger partial charge in [0.05, 0.1) is 16.9 Å². The molecule has 1 aliphatic heterocycles. The third-order valence-corrected chi connectivity index (χ3v) is 4.54. The zero-order valence-corrected chi connectivity index (χ0v) is 15.2. The first-order valence-electron chi connectivity index (χ1n) is 8.73. The van der Waals surface area contributed by atoms with Gasteiger partial charge in [-0.3, -0.25) is 29.4 Å². The molecule has 0 unspecified atom stereocenters. The molecule has 0 bridgehead atoms. The summed E-state index contributed by atoms with van der Waals surface area (Å²) in [6.07, 6.45) is -0.323. The van der Waals surface area contributed by atoms with Crippen LogP contribution in [-0.2, 0) is 4.79 Å². The van der Waals surface area contributed by atoms with Crippen molar-refractivity contribution in [1.82, 2.24) is 4.90 Å². The predicted molar refractivity (Wildman–Crippen MR) is 101 cm³/mol. The Labute approximate surface area is 167 Å². The summed E-state index contributed by atoms with van der Waals surface area (Å²) >= 11 is 0. The number of carbonyl (C=O) groups is 3. The summed E-state index contributed by atoms with van der Waals surface area (Å²) in [6, 6.07) is 11.1. The van der Waals surface area contributed by atoms with Gasteiger partial charge in [0.25, 0.3) is 17.5 Å². The number of nitro groups is 1. The van der Waals surface area contributed by atoms with Crippen molar-refractivity contribution >= 4 is 34.4 Å². The first-order valence-corrected chi connectivity index (χ1v) is 8.73. The lowest BCUT2D eigenvalue weighted by Crippen LogP contribution is -2.32. The molecule has 2 amide bonds. The van der Waals surface area contributed by atoms with Gasteiger partial charge in [-0.05, 0) is 24.3 Å². The molecular weight excluding hydrogens is 396 g/mol. The highest BCUT2D eigenvalue weighted by atomic mass is 16.6. The van der Waals surface area contributed by atoms with Crippen molar-refractivity contribution in [2.24, 2.45) is 0 Å². The summed E-state index contributed by atoms with van der Waals surface area (Å²) in [7, 11) is 0. The van der Waals surface area contributed by atoms with Crippen molar-refractivity contribution in [3.63, 3.8) is 0 Å². The van der Waals surface area contributed by atoms with Crippen LogP contribution in [0, 0.1) is 10.1 Å². The van der Waals surface area contributed by atoms with Crippen molar-refractivity contribution < 1.29 is 28.5 Å². The SMILES string of the molecule is O=C(CCN1C(=O)c2cccc([N+](=O)[O-])c2C1=O)Oc1ccc2ccc(=O)oc2c1. The molecule has 3 aromatic rings. The third kappa shape index (κ3) is 3.30. The number of benzene rings is 2. The number of hydrogen-bond acceptors (Lipinski definition) is 8.